The lowest BCUT2D eigenvalue weighted by Crippen LogP contribution is -2.49. The third-order valence-corrected chi connectivity index (χ3v) is 10.6. The minimum atomic E-state index is -0.968. The molecule has 3 atom stereocenters. The molecule has 64 heavy (non-hydrogen) atoms. The van der Waals surface area contributed by atoms with Gasteiger partial charge in [-0.15, -0.1) is 0 Å². The fourth-order valence-corrected chi connectivity index (χ4v) is 7.32. The summed E-state index contributed by atoms with van der Waals surface area (Å²) in [5.41, 5.74) is 4.36. The molecule has 18 nitrogen and oxygen atoms in total. The van der Waals surface area contributed by atoms with Crippen LogP contribution in [0.4, 0.5) is 9.59 Å². The largest absolute Gasteiger partial charge is 0.453 e. The van der Waals surface area contributed by atoms with Gasteiger partial charge >= 0.3 is 12.2 Å². The minimum Gasteiger partial charge on any atom is -0.453 e. The molecule has 0 bridgehead atoms. The van der Waals surface area contributed by atoms with E-state index in [2.05, 4.69) is 40.6 Å². The lowest BCUT2D eigenvalue weighted by Gasteiger charge is -2.36. The first-order valence-corrected chi connectivity index (χ1v) is 20.5. The lowest BCUT2D eigenvalue weighted by atomic mass is 10.0. The summed E-state index contributed by atoms with van der Waals surface area (Å²) in [4.78, 5) is 68.5. The number of imidazole rings is 2. The average molecular weight is 871 g/mol. The molecule has 0 unspecified atom stereocenters. The van der Waals surface area contributed by atoms with E-state index in [-0.39, 0.29) is 31.6 Å². The summed E-state index contributed by atoms with van der Waals surface area (Å²) in [6.07, 6.45) is 2.52. The number of aromatic amines is 2. The Kier molecular flexibility index (Phi) is 13.4. The van der Waals surface area contributed by atoms with E-state index in [1.165, 1.54) is 14.2 Å². The van der Waals surface area contributed by atoms with Crippen LogP contribution in [0.15, 0.2) is 109 Å². The third kappa shape index (κ3) is 9.98. The molecule has 18 heteroatoms. The summed E-state index contributed by atoms with van der Waals surface area (Å²) < 4.78 is 33.6. The molecular formula is C46H46N8O10. The Morgan fingerprint density at radius 3 is 1.97 bits per heavy atom. The van der Waals surface area contributed by atoms with Crippen molar-refractivity contribution in [1.29, 1.82) is 0 Å². The topological polar surface area (TPSA) is 220 Å². The van der Waals surface area contributed by atoms with Gasteiger partial charge < -0.3 is 59.2 Å². The van der Waals surface area contributed by atoms with Gasteiger partial charge in [-0.2, -0.15) is 0 Å². The Morgan fingerprint density at radius 2 is 1.33 bits per heavy atom. The van der Waals surface area contributed by atoms with Gasteiger partial charge in [0.15, 0.2) is 23.0 Å². The summed E-state index contributed by atoms with van der Waals surface area (Å²) in [6.45, 7) is 1.72. The van der Waals surface area contributed by atoms with Crippen molar-refractivity contribution in [3.8, 4) is 45.5 Å². The Labute approximate surface area is 367 Å². The van der Waals surface area contributed by atoms with Crippen molar-refractivity contribution in [1.82, 2.24) is 40.8 Å². The predicted octanol–water partition coefficient (Wildman–Crippen LogP) is 6.13. The van der Waals surface area contributed by atoms with Gasteiger partial charge in [-0.25, -0.2) is 19.6 Å². The number of morpholine rings is 1. The number of H-pyrrole nitrogens is 2. The molecule has 1 fully saturated rings. The number of hydrogen-bond acceptors (Lipinski definition) is 12. The van der Waals surface area contributed by atoms with Gasteiger partial charge in [-0.1, -0.05) is 60.7 Å². The SMILES string of the molecule is COC(=O)N[C@@H](C(=O)NCCOCCc1ncc(-c2ccc3c(c2)Oc2ccc(-c4cnc([C@@H]5COCCN5C(=O)[C@H](NC(=O)OC)c5ccccc5)[nH]4)cc2O3)[nH]1)c1ccccc1. The van der Waals surface area contributed by atoms with E-state index >= 15 is 0 Å². The first-order valence-electron chi connectivity index (χ1n) is 20.5. The molecule has 6 aromatic rings. The van der Waals surface area contributed by atoms with Gasteiger partial charge in [0.25, 0.3) is 5.91 Å². The summed E-state index contributed by atoms with van der Waals surface area (Å²) >= 11 is 0. The van der Waals surface area contributed by atoms with Crippen molar-refractivity contribution >= 4 is 24.0 Å². The van der Waals surface area contributed by atoms with Gasteiger partial charge in [0.05, 0.1) is 64.4 Å². The maximum absolute atomic E-state index is 14.0. The second-order valence-electron chi connectivity index (χ2n) is 14.7. The van der Waals surface area contributed by atoms with Crippen LogP contribution in [0.3, 0.4) is 0 Å². The van der Waals surface area contributed by atoms with E-state index in [0.717, 1.165) is 22.6 Å². The van der Waals surface area contributed by atoms with Crippen LogP contribution in [0.2, 0.25) is 0 Å². The highest BCUT2D eigenvalue weighted by Gasteiger charge is 2.36. The maximum Gasteiger partial charge on any atom is 0.407 e. The molecule has 4 heterocycles. The fourth-order valence-electron chi connectivity index (χ4n) is 7.32. The highest BCUT2D eigenvalue weighted by Crippen LogP contribution is 2.47. The zero-order chi connectivity index (χ0) is 44.4. The number of hydrogen-bond donors (Lipinski definition) is 5. The lowest BCUT2D eigenvalue weighted by molar-refractivity contribution is -0.143. The number of rotatable bonds is 15. The van der Waals surface area contributed by atoms with E-state index < -0.39 is 30.3 Å². The van der Waals surface area contributed by atoms with Crippen molar-refractivity contribution in [3.63, 3.8) is 0 Å². The summed E-state index contributed by atoms with van der Waals surface area (Å²) in [6, 6.07) is 26.7. The summed E-state index contributed by atoms with van der Waals surface area (Å²) in [7, 11) is 2.49. The number of alkyl carbamates (subject to hydrolysis) is 2. The molecule has 8 rings (SSSR count). The second-order valence-corrected chi connectivity index (χ2v) is 14.7. The van der Waals surface area contributed by atoms with Gasteiger partial charge in [0.1, 0.15) is 29.8 Å². The van der Waals surface area contributed by atoms with Crippen LogP contribution in [-0.2, 0) is 35.0 Å². The molecule has 5 N–H and O–H groups in total. The smallest absolute Gasteiger partial charge is 0.407 e. The monoisotopic (exact) mass is 870 g/mol. The molecule has 0 aliphatic carbocycles. The van der Waals surface area contributed by atoms with Gasteiger partial charge in [0, 0.05) is 30.6 Å². The molecule has 1 saturated heterocycles. The number of carbonyl (C=O) groups excluding carboxylic acids is 4. The highest BCUT2D eigenvalue weighted by molar-refractivity contribution is 5.88. The number of carbonyl (C=O) groups is 4. The predicted molar refractivity (Wildman–Crippen MR) is 230 cm³/mol. The highest BCUT2D eigenvalue weighted by atomic mass is 16.6. The molecule has 330 valence electrons. The van der Waals surface area contributed by atoms with Gasteiger partial charge in [-0.05, 0) is 47.5 Å². The van der Waals surface area contributed by atoms with Gasteiger partial charge in [-0.3, -0.25) is 9.59 Å². The standard InChI is InChI=1S/C46H46N8O10/c1-59-45(57)52-40(28-9-5-3-6-10-28)43(55)47-18-21-61-20-17-39-48-25-32(50-39)30-13-15-35-37(23-30)63-36-16-14-31(24-38(36)64-35)33-26-49-42(51-33)34-27-62-22-19-54(34)44(56)41(53-46(58)60-2)29-11-7-4-8-12-29/h3-16,23-26,34,40-41H,17-22,27H2,1-2H3,(H,47,55)(H,48,50)(H,49,51)(H,52,57)(H,53,58)/t34-,40+,41+/m0/s1. The van der Waals surface area contributed by atoms with E-state index in [1.54, 1.807) is 65.8 Å². The van der Waals surface area contributed by atoms with E-state index in [4.69, 9.17) is 23.7 Å². The van der Waals surface area contributed by atoms with Crippen molar-refractivity contribution < 1.29 is 47.6 Å². The number of nitrogens with one attached hydrogen (secondary N) is 5. The van der Waals surface area contributed by atoms with Crippen molar-refractivity contribution in [2.45, 2.75) is 24.5 Å². The van der Waals surface area contributed by atoms with Crippen LogP contribution in [0.5, 0.6) is 23.0 Å². The Morgan fingerprint density at radius 1 is 0.734 bits per heavy atom. The minimum absolute atomic E-state index is 0.215. The van der Waals surface area contributed by atoms with Crippen LogP contribution in [0.1, 0.15) is 40.9 Å². The number of amides is 4. The van der Waals surface area contributed by atoms with E-state index in [9.17, 15) is 19.2 Å². The Balaban J connectivity index is 0.853. The van der Waals surface area contributed by atoms with Crippen molar-refractivity contribution in [3.05, 3.63) is 132 Å². The van der Waals surface area contributed by atoms with Crippen LogP contribution in [0.25, 0.3) is 22.5 Å². The number of aromatic nitrogens is 4. The summed E-state index contributed by atoms with van der Waals surface area (Å²) in [5.74, 6) is 2.68. The number of nitrogens with zero attached hydrogens (tertiary/aromatic N) is 3. The molecule has 0 spiro atoms. The Bertz CT molecular complexity index is 2580. The van der Waals surface area contributed by atoms with Crippen molar-refractivity contribution in [2.24, 2.45) is 0 Å². The number of methoxy groups -OCH3 is 2. The second kappa shape index (κ2) is 20.0. The summed E-state index contributed by atoms with van der Waals surface area (Å²) in [5, 5.41) is 8.03. The first-order chi connectivity index (χ1) is 31.3. The van der Waals surface area contributed by atoms with E-state index in [0.29, 0.717) is 71.8 Å². The molecule has 2 aromatic heterocycles. The molecule has 2 aliphatic rings. The van der Waals surface area contributed by atoms with Crippen LogP contribution < -0.4 is 25.4 Å². The molecule has 0 radical (unpaired) electrons. The van der Waals surface area contributed by atoms with Crippen LogP contribution >= 0.6 is 0 Å². The molecule has 4 aromatic carbocycles. The number of benzene rings is 4. The molecule has 4 amide bonds. The molecular weight excluding hydrogens is 825 g/mol. The average Bonchev–Trinajstić information content (AvgIpc) is 4.04. The molecule has 0 saturated carbocycles. The zero-order valence-electron chi connectivity index (χ0n) is 35.0. The number of fused-ring (bicyclic) bond motifs is 2. The van der Waals surface area contributed by atoms with Crippen LogP contribution in [0, 0.1) is 0 Å². The quantitative estimate of drug-likeness (QED) is 0.0735. The normalized spacial score (nSPS) is 15.0. The van der Waals surface area contributed by atoms with Crippen LogP contribution in [-0.4, -0.2) is 103 Å². The third-order valence-electron chi connectivity index (χ3n) is 10.6. The number of ether oxygens (including phenoxy) is 6. The van der Waals surface area contributed by atoms with Crippen molar-refractivity contribution in [2.75, 3.05) is 53.7 Å². The maximum atomic E-state index is 14.0. The fraction of sp³-hybridized carbons (Fsp3) is 0.261. The van der Waals surface area contributed by atoms with Gasteiger partial charge in [0.2, 0.25) is 5.91 Å². The Hall–Kier alpha value is -7.70. The first kappa shape index (κ1) is 43.0. The molecule has 2 aliphatic heterocycles. The van der Waals surface area contributed by atoms with E-state index in [1.807, 2.05) is 48.5 Å². The zero-order valence-corrected chi connectivity index (χ0v) is 35.0.